The molecule has 8 heteroatoms. The van der Waals surface area contributed by atoms with Crippen LogP contribution in [0.3, 0.4) is 0 Å². The number of nitrogens with one attached hydrogen (secondary N) is 2. The number of carboxylic acid groups (broad SMARTS) is 1. The molecule has 3 N–H and O–H groups in total. The summed E-state index contributed by atoms with van der Waals surface area (Å²) in [7, 11) is 0. The fourth-order valence-corrected chi connectivity index (χ4v) is 4.62. The van der Waals surface area contributed by atoms with Gasteiger partial charge in [-0.3, -0.25) is 9.59 Å². The van der Waals surface area contributed by atoms with Gasteiger partial charge >= 0.3 is 12.1 Å². The minimum absolute atomic E-state index is 0.000109. The van der Waals surface area contributed by atoms with E-state index in [0.29, 0.717) is 13.0 Å². The number of benzene rings is 2. The van der Waals surface area contributed by atoms with Crippen LogP contribution in [-0.2, 0) is 19.1 Å². The third kappa shape index (κ3) is 5.56. The average Bonchev–Trinajstić information content (AvgIpc) is 3.43. The maximum Gasteiger partial charge on any atom is 0.407 e. The van der Waals surface area contributed by atoms with Crippen molar-refractivity contribution in [1.82, 2.24) is 10.6 Å². The summed E-state index contributed by atoms with van der Waals surface area (Å²) in [6.45, 7) is 2.89. The quantitative estimate of drug-likeness (QED) is 0.523. The molecule has 2 aromatic carbocycles. The highest BCUT2D eigenvalue weighted by molar-refractivity contribution is 5.79. The minimum Gasteiger partial charge on any atom is -0.481 e. The lowest BCUT2D eigenvalue weighted by atomic mass is 9.98. The van der Waals surface area contributed by atoms with Crippen LogP contribution >= 0.6 is 0 Å². The summed E-state index contributed by atoms with van der Waals surface area (Å²) in [6, 6.07) is 16.3. The first kappa shape index (κ1) is 23.8. The Morgan fingerprint density at radius 1 is 1.06 bits per heavy atom. The molecule has 2 amide bonds. The van der Waals surface area contributed by atoms with E-state index < -0.39 is 18.0 Å². The second kappa shape index (κ2) is 10.7. The molecule has 0 radical (unpaired) electrons. The van der Waals surface area contributed by atoms with E-state index in [0.717, 1.165) is 11.1 Å². The lowest BCUT2D eigenvalue weighted by Crippen LogP contribution is -2.35. The van der Waals surface area contributed by atoms with Gasteiger partial charge in [-0.1, -0.05) is 55.5 Å². The Morgan fingerprint density at radius 3 is 2.32 bits per heavy atom. The van der Waals surface area contributed by atoms with E-state index in [4.69, 9.17) is 14.6 Å². The number of alkyl carbamates (subject to hydrolysis) is 1. The molecule has 8 nitrogen and oxygen atoms in total. The second-order valence-electron chi connectivity index (χ2n) is 9.05. The van der Waals surface area contributed by atoms with Crippen LogP contribution in [0.4, 0.5) is 4.79 Å². The van der Waals surface area contributed by atoms with Crippen molar-refractivity contribution in [2.24, 2.45) is 11.8 Å². The van der Waals surface area contributed by atoms with Gasteiger partial charge in [-0.15, -0.1) is 0 Å². The summed E-state index contributed by atoms with van der Waals surface area (Å²) < 4.78 is 10.9. The van der Waals surface area contributed by atoms with Gasteiger partial charge in [0.05, 0.1) is 18.6 Å². The largest absolute Gasteiger partial charge is 0.481 e. The van der Waals surface area contributed by atoms with Gasteiger partial charge in [0.2, 0.25) is 5.91 Å². The van der Waals surface area contributed by atoms with Crippen molar-refractivity contribution >= 4 is 18.0 Å². The Balaban J connectivity index is 1.18. The summed E-state index contributed by atoms with van der Waals surface area (Å²) >= 11 is 0. The van der Waals surface area contributed by atoms with Crippen molar-refractivity contribution in [3.05, 3.63) is 59.7 Å². The molecule has 3 atom stereocenters. The molecule has 1 unspecified atom stereocenters. The van der Waals surface area contributed by atoms with Crippen LogP contribution in [-0.4, -0.2) is 55.5 Å². The fraction of sp³-hybridized carbons (Fsp3) is 0.423. The zero-order valence-corrected chi connectivity index (χ0v) is 19.2. The summed E-state index contributed by atoms with van der Waals surface area (Å²) in [6.07, 6.45) is -0.153. The first-order valence-electron chi connectivity index (χ1n) is 11.6. The number of rotatable bonds is 9. The number of carbonyl (C=O) groups is 3. The monoisotopic (exact) mass is 466 g/mol. The lowest BCUT2D eigenvalue weighted by molar-refractivity contribution is -0.141. The zero-order chi connectivity index (χ0) is 24.1. The van der Waals surface area contributed by atoms with Crippen LogP contribution in [0.15, 0.2) is 48.5 Å². The highest BCUT2D eigenvalue weighted by Gasteiger charge is 2.31. The maximum absolute atomic E-state index is 12.3. The second-order valence-corrected chi connectivity index (χ2v) is 9.05. The first-order chi connectivity index (χ1) is 16.4. The van der Waals surface area contributed by atoms with Gasteiger partial charge in [-0.25, -0.2) is 4.79 Å². The maximum atomic E-state index is 12.3. The number of fused-ring (bicyclic) bond motifs is 3. The normalized spacial score (nSPS) is 19.7. The highest BCUT2D eigenvalue weighted by Crippen LogP contribution is 2.44. The Kier molecular flexibility index (Phi) is 7.47. The number of amides is 2. The van der Waals surface area contributed by atoms with Crippen molar-refractivity contribution in [1.29, 1.82) is 0 Å². The van der Waals surface area contributed by atoms with Crippen LogP contribution in [0, 0.1) is 11.8 Å². The van der Waals surface area contributed by atoms with Crippen LogP contribution in [0.2, 0.25) is 0 Å². The van der Waals surface area contributed by atoms with E-state index in [-0.39, 0.29) is 50.0 Å². The van der Waals surface area contributed by atoms with Gasteiger partial charge in [-0.2, -0.15) is 0 Å². The molecule has 2 aromatic rings. The summed E-state index contributed by atoms with van der Waals surface area (Å²) in [5.74, 6) is -1.63. The van der Waals surface area contributed by atoms with Crippen LogP contribution in [0.1, 0.15) is 36.8 Å². The van der Waals surface area contributed by atoms with Gasteiger partial charge in [0, 0.05) is 25.4 Å². The van der Waals surface area contributed by atoms with Gasteiger partial charge in [0.1, 0.15) is 6.61 Å². The molecule has 0 spiro atoms. The van der Waals surface area contributed by atoms with Gasteiger partial charge in [-0.05, 0) is 34.6 Å². The third-order valence-corrected chi connectivity index (χ3v) is 6.43. The van der Waals surface area contributed by atoms with Crippen molar-refractivity contribution in [3.63, 3.8) is 0 Å². The lowest BCUT2D eigenvalue weighted by Gasteiger charge is -2.16. The third-order valence-electron chi connectivity index (χ3n) is 6.43. The predicted octanol–water partition coefficient (Wildman–Crippen LogP) is 3.16. The van der Waals surface area contributed by atoms with Gasteiger partial charge < -0.3 is 25.2 Å². The van der Waals surface area contributed by atoms with Crippen molar-refractivity contribution in [2.75, 3.05) is 26.3 Å². The Hall–Kier alpha value is -3.39. The van der Waals surface area contributed by atoms with E-state index >= 15 is 0 Å². The van der Waals surface area contributed by atoms with E-state index in [1.807, 2.05) is 31.2 Å². The smallest absolute Gasteiger partial charge is 0.407 e. The number of hydrogen-bond donors (Lipinski definition) is 3. The summed E-state index contributed by atoms with van der Waals surface area (Å²) in [5, 5.41) is 14.5. The molecule has 0 saturated carbocycles. The Morgan fingerprint density at radius 2 is 1.71 bits per heavy atom. The molecule has 2 aliphatic rings. The SMILES string of the molecule is CC(CNC(=O)OCC1c2ccccc2-c2ccccc21)CC(=O)NC[C@@H]1C[C@H](C(=O)O)CO1. The van der Waals surface area contributed by atoms with Gasteiger partial charge in [0.15, 0.2) is 0 Å². The fourth-order valence-electron chi connectivity index (χ4n) is 4.62. The summed E-state index contributed by atoms with van der Waals surface area (Å²) in [4.78, 5) is 35.5. The molecule has 34 heavy (non-hydrogen) atoms. The number of aliphatic carboxylic acids is 1. The molecule has 180 valence electrons. The van der Waals surface area contributed by atoms with Crippen molar-refractivity contribution < 1.29 is 29.0 Å². The molecule has 1 fully saturated rings. The van der Waals surface area contributed by atoms with Gasteiger partial charge in [0.25, 0.3) is 0 Å². The number of ether oxygens (including phenoxy) is 2. The van der Waals surface area contributed by atoms with E-state index in [1.54, 1.807) is 0 Å². The molecule has 1 aliphatic heterocycles. The van der Waals surface area contributed by atoms with Crippen molar-refractivity contribution in [2.45, 2.75) is 31.8 Å². The zero-order valence-electron chi connectivity index (χ0n) is 19.2. The summed E-state index contributed by atoms with van der Waals surface area (Å²) in [5.41, 5.74) is 4.66. The standard InChI is InChI=1S/C26H30N2O6/c1-16(10-24(29)27-13-18-11-17(14-33-18)25(30)31)12-28-26(32)34-15-23-21-8-4-2-6-19(21)20-7-3-5-9-22(20)23/h2-9,16-18,23H,10-15H2,1H3,(H,27,29)(H,28,32)(H,30,31)/t16?,17-,18-/m0/s1. The average molecular weight is 467 g/mol. The van der Waals surface area contributed by atoms with E-state index in [1.165, 1.54) is 11.1 Å². The van der Waals surface area contributed by atoms with Crippen LogP contribution in [0.25, 0.3) is 11.1 Å². The molecule has 1 saturated heterocycles. The molecular formula is C26H30N2O6. The molecule has 1 aliphatic carbocycles. The number of carbonyl (C=O) groups excluding carboxylic acids is 2. The molecule has 1 heterocycles. The molecular weight excluding hydrogens is 436 g/mol. The Bertz CT molecular complexity index is 1010. The van der Waals surface area contributed by atoms with Crippen molar-refractivity contribution in [3.8, 4) is 11.1 Å². The topological polar surface area (TPSA) is 114 Å². The minimum atomic E-state index is -0.873. The molecule has 0 bridgehead atoms. The van der Waals surface area contributed by atoms with Crippen LogP contribution < -0.4 is 10.6 Å². The van der Waals surface area contributed by atoms with Crippen LogP contribution in [0.5, 0.6) is 0 Å². The van der Waals surface area contributed by atoms with E-state index in [9.17, 15) is 14.4 Å². The molecule has 4 rings (SSSR count). The van der Waals surface area contributed by atoms with E-state index in [2.05, 4.69) is 34.9 Å². The molecule has 0 aromatic heterocycles. The number of hydrogen-bond acceptors (Lipinski definition) is 5. The first-order valence-corrected chi connectivity index (χ1v) is 11.6. The highest BCUT2D eigenvalue weighted by atomic mass is 16.5. The Labute approximate surface area is 198 Å². The number of carboxylic acids is 1. The predicted molar refractivity (Wildman–Crippen MR) is 125 cm³/mol.